The maximum atomic E-state index is 10.6. The van der Waals surface area contributed by atoms with E-state index in [0.717, 1.165) is 49.1 Å². The van der Waals surface area contributed by atoms with Crippen LogP contribution in [-0.4, -0.2) is 51.6 Å². The van der Waals surface area contributed by atoms with Crippen molar-refractivity contribution in [2.75, 3.05) is 31.1 Å². The zero-order valence-electron chi connectivity index (χ0n) is 12.6. The number of piperazine rings is 1. The number of hydrogen-bond donors (Lipinski definition) is 1. The lowest BCUT2D eigenvalue weighted by Crippen LogP contribution is -2.51. The fourth-order valence-electron chi connectivity index (χ4n) is 3.54. The van der Waals surface area contributed by atoms with E-state index in [-0.39, 0.29) is 12.1 Å². The third-order valence-electron chi connectivity index (χ3n) is 4.74. The molecule has 0 bridgehead atoms. The van der Waals surface area contributed by atoms with Crippen molar-refractivity contribution < 1.29 is 5.11 Å². The molecule has 1 aliphatic carbocycles. The van der Waals surface area contributed by atoms with Gasteiger partial charge in [-0.2, -0.15) is 4.37 Å². The number of hydrogen-bond acceptors (Lipinski definition) is 6. The Labute approximate surface area is 134 Å². The van der Waals surface area contributed by atoms with Crippen LogP contribution in [0.2, 0.25) is 0 Å². The highest BCUT2D eigenvalue weighted by Crippen LogP contribution is 2.35. The summed E-state index contributed by atoms with van der Waals surface area (Å²) in [7, 11) is 0. The zero-order chi connectivity index (χ0) is 15.1. The summed E-state index contributed by atoms with van der Waals surface area (Å²) < 4.78 is 4.26. The SMILES string of the molecule is Cc1nsc(N2CCN(C3Cc4ccccc4C3O)CC2)n1. The molecule has 1 N–H and O–H groups in total. The van der Waals surface area contributed by atoms with Crippen molar-refractivity contribution in [2.24, 2.45) is 0 Å². The van der Waals surface area contributed by atoms with Crippen LogP contribution in [0.25, 0.3) is 0 Å². The second kappa shape index (κ2) is 5.61. The summed E-state index contributed by atoms with van der Waals surface area (Å²) >= 11 is 1.48. The van der Waals surface area contributed by atoms with Crippen LogP contribution in [0, 0.1) is 6.92 Å². The first-order chi connectivity index (χ1) is 10.7. The van der Waals surface area contributed by atoms with Crippen LogP contribution < -0.4 is 4.90 Å². The van der Waals surface area contributed by atoms with Crippen LogP contribution in [0.1, 0.15) is 23.1 Å². The van der Waals surface area contributed by atoms with E-state index in [4.69, 9.17) is 0 Å². The van der Waals surface area contributed by atoms with Crippen molar-refractivity contribution in [1.29, 1.82) is 0 Å². The smallest absolute Gasteiger partial charge is 0.205 e. The zero-order valence-corrected chi connectivity index (χ0v) is 13.5. The highest BCUT2D eigenvalue weighted by atomic mass is 32.1. The summed E-state index contributed by atoms with van der Waals surface area (Å²) in [6.45, 7) is 5.77. The molecule has 0 amide bonds. The fraction of sp³-hybridized carbons (Fsp3) is 0.500. The number of aliphatic hydroxyl groups excluding tert-OH is 1. The Hall–Kier alpha value is -1.50. The topological polar surface area (TPSA) is 52.5 Å². The molecule has 5 nitrogen and oxygen atoms in total. The Morgan fingerprint density at radius 1 is 1.18 bits per heavy atom. The van der Waals surface area contributed by atoms with Crippen LogP contribution in [0.4, 0.5) is 5.13 Å². The normalized spacial score (nSPS) is 25.5. The van der Waals surface area contributed by atoms with Gasteiger partial charge in [0.25, 0.3) is 0 Å². The Morgan fingerprint density at radius 3 is 2.64 bits per heavy atom. The maximum Gasteiger partial charge on any atom is 0.205 e. The van der Waals surface area contributed by atoms with Crippen molar-refractivity contribution in [1.82, 2.24) is 14.3 Å². The number of aryl methyl sites for hydroxylation is 1. The van der Waals surface area contributed by atoms with Gasteiger partial charge in [0.05, 0.1) is 6.10 Å². The third-order valence-corrected chi connectivity index (χ3v) is 5.61. The summed E-state index contributed by atoms with van der Waals surface area (Å²) in [5, 5.41) is 11.6. The van der Waals surface area contributed by atoms with Gasteiger partial charge in [0.15, 0.2) is 0 Å². The van der Waals surface area contributed by atoms with E-state index in [1.54, 1.807) is 0 Å². The summed E-state index contributed by atoms with van der Waals surface area (Å²) in [6, 6.07) is 8.49. The van der Waals surface area contributed by atoms with Gasteiger partial charge in [0.1, 0.15) is 5.82 Å². The van der Waals surface area contributed by atoms with Crippen molar-refractivity contribution in [2.45, 2.75) is 25.5 Å². The summed E-state index contributed by atoms with van der Waals surface area (Å²) in [5.41, 5.74) is 2.40. The molecule has 22 heavy (non-hydrogen) atoms. The monoisotopic (exact) mass is 316 g/mol. The number of aromatic nitrogens is 2. The minimum absolute atomic E-state index is 0.218. The molecule has 2 atom stereocenters. The number of aliphatic hydroxyl groups is 1. The van der Waals surface area contributed by atoms with Gasteiger partial charge in [-0.15, -0.1) is 0 Å². The van der Waals surface area contributed by atoms with Crippen LogP contribution in [0.15, 0.2) is 24.3 Å². The minimum atomic E-state index is -0.355. The standard InChI is InChI=1S/C16H20N4OS/c1-11-17-16(22-18-11)20-8-6-19(7-9-20)14-10-12-4-2-3-5-13(12)15(14)21/h2-5,14-15,21H,6-10H2,1H3. The summed E-state index contributed by atoms with van der Waals surface area (Å²) in [5.74, 6) is 0.851. The molecule has 2 heterocycles. The Balaban J connectivity index is 1.42. The summed E-state index contributed by atoms with van der Waals surface area (Å²) in [6.07, 6.45) is 0.599. The maximum absolute atomic E-state index is 10.6. The second-order valence-electron chi connectivity index (χ2n) is 6.06. The number of rotatable bonds is 2. The molecule has 0 spiro atoms. The van der Waals surface area contributed by atoms with Crippen molar-refractivity contribution >= 4 is 16.7 Å². The molecule has 1 aliphatic heterocycles. The molecule has 4 rings (SSSR count). The van der Waals surface area contributed by atoms with Gasteiger partial charge in [0, 0.05) is 43.8 Å². The van der Waals surface area contributed by atoms with Crippen molar-refractivity contribution in [3.05, 3.63) is 41.2 Å². The van der Waals surface area contributed by atoms with Gasteiger partial charge >= 0.3 is 0 Å². The molecule has 0 saturated carbocycles. The van der Waals surface area contributed by atoms with Crippen molar-refractivity contribution in [3.63, 3.8) is 0 Å². The number of nitrogens with zero attached hydrogens (tertiary/aromatic N) is 4. The predicted octanol–water partition coefficient (Wildman–Crippen LogP) is 1.63. The van der Waals surface area contributed by atoms with Gasteiger partial charge in [-0.1, -0.05) is 24.3 Å². The molecule has 6 heteroatoms. The molecule has 1 saturated heterocycles. The quantitative estimate of drug-likeness (QED) is 0.912. The highest BCUT2D eigenvalue weighted by molar-refractivity contribution is 7.09. The van der Waals surface area contributed by atoms with Gasteiger partial charge in [-0.05, 0) is 24.5 Å². The first kappa shape index (κ1) is 14.1. The molecule has 2 aliphatic rings. The van der Waals surface area contributed by atoms with Crippen LogP contribution in [0.3, 0.4) is 0 Å². The van der Waals surface area contributed by atoms with Gasteiger partial charge in [-0.3, -0.25) is 4.90 Å². The van der Waals surface area contributed by atoms with E-state index in [1.807, 2.05) is 13.0 Å². The van der Waals surface area contributed by atoms with Gasteiger partial charge in [-0.25, -0.2) is 4.98 Å². The van der Waals surface area contributed by atoms with Gasteiger partial charge < -0.3 is 10.0 Å². The molecule has 0 radical (unpaired) electrons. The fourth-order valence-corrected chi connectivity index (χ4v) is 4.27. The molecule has 116 valence electrons. The highest BCUT2D eigenvalue weighted by Gasteiger charge is 2.36. The van der Waals surface area contributed by atoms with Gasteiger partial charge in [0.2, 0.25) is 5.13 Å². The molecule has 2 unspecified atom stereocenters. The Morgan fingerprint density at radius 2 is 1.95 bits per heavy atom. The molecule has 1 fully saturated rings. The van der Waals surface area contributed by atoms with Crippen LogP contribution in [0.5, 0.6) is 0 Å². The van der Waals surface area contributed by atoms with E-state index in [1.165, 1.54) is 17.1 Å². The molecule has 2 aromatic rings. The van der Waals surface area contributed by atoms with E-state index in [9.17, 15) is 5.11 Å². The molecule has 1 aromatic carbocycles. The van der Waals surface area contributed by atoms with E-state index in [2.05, 4.69) is 37.4 Å². The molecular formula is C16H20N4OS. The lowest BCUT2D eigenvalue weighted by molar-refractivity contribution is 0.0572. The minimum Gasteiger partial charge on any atom is -0.387 e. The Bertz CT molecular complexity index is 666. The van der Waals surface area contributed by atoms with E-state index < -0.39 is 0 Å². The van der Waals surface area contributed by atoms with Crippen LogP contribution in [-0.2, 0) is 6.42 Å². The lowest BCUT2D eigenvalue weighted by atomic mass is 10.1. The Kier molecular flexibility index (Phi) is 3.60. The van der Waals surface area contributed by atoms with E-state index in [0.29, 0.717) is 0 Å². The molecular weight excluding hydrogens is 296 g/mol. The molecule has 1 aromatic heterocycles. The second-order valence-corrected chi connectivity index (χ2v) is 6.79. The number of fused-ring (bicyclic) bond motifs is 1. The van der Waals surface area contributed by atoms with Crippen LogP contribution >= 0.6 is 11.5 Å². The number of benzene rings is 1. The first-order valence-electron chi connectivity index (χ1n) is 7.77. The van der Waals surface area contributed by atoms with E-state index >= 15 is 0 Å². The predicted molar refractivity (Wildman–Crippen MR) is 87.3 cm³/mol. The average Bonchev–Trinajstić information content (AvgIpc) is 3.12. The first-order valence-corrected chi connectivity index (χ1v) is 8.55. The largest absolute Gasteiger partial charge is 0.387 e. The number of anilines is 1. The summed E-state index contributed by atoms with van der Waals surface area (Å²) in [4.78, 5) is 9.20. The third kappa shape index (κ3) is 2.41. The average molecular weight is 316 g/mol. The lowest BCUT2D eigenvalue weighted by Gasteiger charge is -2.38. The van der Waals surface area contributed by atoms with Crippen molar-refractivity contribution in [3.8, 4) is 0 Å².